The lowest BCUT2D eigenvalue weighted by molar-refractivity contribution is -0.122. The Balaban J connectivity index is 1.77. The summed E-state index contributed by atoms with van der Waals surface area (Å²) < 4.78 is 7.09. The number of carbonyl (C=O) groups excluding carboxylic acids is 1. The Kier molecular flexibility index (Phi) is 4.76. The molecule has 0 saturated carbocycles. The lowest BCUT2D eigenvalue weighted by Crippen LogP contribution is -2.36. The molecule has 2 aromatic heterocycles. The Morgan fingerprint density at radius 2 is 2.38 bits per heavy atom. The number of nitrogen functional groups attached to an aromatic ring is 1. The maximum atomic E-state index is 11.8. The van der Waals surface area contributed by atoms with Crippen molar-refractivity contribution in [3.63, 3.8) is 0 Å². The van der Waals surface area contributed by atoms with Crippen LogP contribution in [-0.2, 0) is 11.3 Å². The van der Waals surface area contributed by atoms with E-state index in [9.17, 15) is 4.79 Å². The van der Waals surface area contributed by atoms with E-state index >= 15 is 0 Å². The highest BCUT2D eigenvalue weighted by Gasteiger charge is 2.10. The van der Waals surface area contributed by atoms with Crippen LogP contribution in [0, 0.1) is 6.92 Å². The zero-order chi connectivity index (χ0) is 15.2. The fourth-order valence-electron chi connectivity index (χ4n) is 1.83. The van der Waals surface area contributed by atoms with Gasteiger partial charge in [-0.05, 0) is 26.0 Å². The first-order valence-corrected chi connectivity index (χ1v) is 6.68. The fourth-order valence-corrected chi connectivity index (χ4v) is 1.83. The molecule has 0 spiro atoms. The highest BCUT2D eigenvalue weighted by Crippen LogP contribution is 2.08. The number of aryl methyl sites for hydroxylation is 1. The Labute approximate surface area is 123 Å². The van der Waals surface area contributed by atoms with E-state index in [0.29, 0.717) is 18.1 Å². The van der Waals surface area contributed by atoms with E-state index in [2.05, 4.69) is 15.4 Å². The minimum atomic E-state index is -0.161. The number of ether oxygens (including phenoxy) is 1. The molecule has 0 saturated heterocycles. The number of nitrogens with one attached hydrogen (secondary N) is 1. The maximum absolute atomic E-state index is 11.8. The normalized spacial score (nSPS) is 11.9. The quantitative estimate of drug-likeness (QED) is 0.818. The van der Waals surface area contributed by atoms with Crippen molar-refractivity contribution in [3.8, 4) is 5.75 Å². The maximum Gasteiger partial charge on any atom is 0.241 e. The van der Waals surface area contributed by atoms with Crippen molar-refractivity contribution < 1.29 is 9.53 Å². The van der Waals surface area contributed by atoms with Crippen LogP contribution >= 0.6 is 0 Å². The fraction of sp³-hybridized carbons (Fsp3) is 0.357. The molecule has 0 bridgehead atoms. The van der Waals surface area contributed by atoms with E-state index < -0.39 is 0 Å². The summed E-state index contributed by atoms with van der Waals surface area (Å²) in [6.45, 7) is 4.20. The van der Waals surface area contributed by atoms with E-state index in [1.807, 2.05) is 19.9 Å². The highest BCUT2D eigenvalue weighted by molar-refractivity contribution is 5.76. The molecule has 0 aliphatic rings. The van der Waals surface area contributed by atoms with Crippen molar-refractivity contribution in [1.82, 2.24) is 20.1 Å². The lowest BCUT2D eigenvalue weighted by atomic mass is 10.3. The van der Waals surface area contributed by atoms with Gasteiger partial charge in [-0.3, -0.25) is 9.78 Å². The minimum Gasteiger partial charge on any atom is -0.487 e. The number of hydrogen-bond donors (Lipinski definition) is 2. The average Bonchev–Trinajstić information content (AvgIpc) is 2.76. The Morgan fingerprint density at radius 3 is 3.00 bits per heavy atom. The van der Waals surface area contributed by atoms with Gasteiger partial charge in [0.1, 0.15) is 24.2 Å². The molecule has 112 valence electrons. The molecule has 0 aliphatic heterocycles. The summed E-state index contributed by atoms with van der Waals surface area (Å²) >= 11 is 0. The largest absolute Gasteiger partial charge is 0.487 e. The van der Waals surface area contributed by atoms with Crippen LogP contribution in [0.25, 0.3) is 0 Å². The number of amides is 1. The molecular weight excluding hydrogens is 270 g/mol. The van der Waals surface area contributed by atoms with Gasteiger partial charge in [-0.2, -0.15) is 5.10 Å². The molecule has 2 heterocycles. The monoisotopic (exact) mass is 289 g/mol. The van der Waals surface area contributed by atoms with Crippen molar-refractivity contribution in [2.75, 3.05) is 12.3 Å². The number of pyridine rings is 1. The first kappa shape index (κ1) is 14.8. The first-order chi connectivity index (χ1) is 10.0. The number of anilines is 1. The summed E-state index contributed by atoms with van der Waals surface area (Å²) in [4.78, 5) is 15.8. The second-order valence-corrected chi connectivity index (χ2v) is 4.79. The van der Waals surface area contributed by atoms with Crippen LogP contribution in [0.15, 0.2) is 30.6 Å². The third-order valence-corrected chi connectivity index (χ3v) is 2.78. The summed E-state index contributed by atoms with van der Waals surface area (Å²) in [5.74, 6) is 0.986. The molecule has 3 N–H and O–H groups in total. The topological polar surface area (TPSA) is 95.1 Å². The summed E-state index contributed by atoms with van der Waals surface area (Å²) in [6.07, 6.45) is 3.15. The van der Waals surface area contributed by atoms with E-state index in [-0.39, 0.29) is 18.6 Å². The molecule has 1 atom stereocenters. The predicted octanol–water partition coefficient (Wildman–Crippen LogP) is 0.752. The molecule has 0 radical (unpaired) electrons. The van der Waals surface area contributed by atoms with Gasteiger partial charge < -0.3 is 15.8 Å². The zero-order valence-electron chi connectivity index (χ0n) is 12.1. The number of nitrogens with two attached hydrogens (primary N) is 1. The second kappa shape index (κ2) is 6.74. The summed E-state index contributed by atoms with van der Waals surface area (Å²) in [7, 11) is 0. The number of aromatic nitrogens is 3. The first-order valence-electron chi connectivity index (χ1n) is 6.68. The Hall–Kier alpha value is -2.57. The van der Waals surface area contributed by atoms with Gasteiger partial charge in [-0.25, -0.2) is 4.68 Å². The number of carbonyl (C=O) groups is 1. The van der Waals surface area contributed by atoms with Gasteiger partial charge in [0, 0.05) is 12.3 Å². The van der Waals surface area contributed by atoms with Gasteiger partial charge in [0.15, 0.2) is 0 Å². The van der Waals surface area contributed by atoms with Crippen molar-refractivity contribution in [3.05, 3.63) is 36.3 Å². The van der Waals surface area contributed by atoms with Crippen LogP contribution < -0.4 is 15.8 Å². The number of hydrogen-bond acceptors (Lipinski definition) is 5. The summed E-state index contributed by atoms with van der Waals surface area (Å²) in [5.41, 5.74) is 6.52. The van der Waals surface area contributed by atoms with E-state index in [1.54, 1.807) is 24.5 Å². The molecule has 0 fully saturated rings. The number of rotatable bonds is 6. The van der Waals surface area contributed by atoms with E-state index in [4.69, 9.17) is 10.5 Å². The molecule has 0 aliphatic carbocycles. The molecular formula is C14H19N5O2. The number of nitrogens with zero attached hydrogens (tertiary/aromatic N) is 3. The third kappa shape index (κ3) is 4.48. The molecule has 7 heteroatoms. The Morgan fingerprint density at radius 1 is 1.57 bits per heavy atom. The molecule has 2 rings (SSSR count). The Bertz CT molecular complexity index is 597. The van der Waals surface area contributed by atoms with Crippen LogP contribution in [0.2, 0.25) is 0 Å². The predicted molar refractivity (Wildman–Crippen MR) is 78.7 cm³/mol. The van der Waals surface area contributed by atoms with Gasteiger partial charge in [-0.15, -0.1) is 0 Å². The molecule has 21 heavy (non-hydrogen) atoms. The van der Waals surface area contributed by atoms with Crippen molar-refractivity contribution in [2.24, 2.45) is 0 Å². The van der Waals surface area contributed by atoms with Gasteiger partial charge in [0.05, 0.1) is 18.4 Å². The van der Waals surface area contributed by atoms with Crippen LogP contribution in [-0.4, -0.2) is 33.3 Å². The van der Waals surface area contributed by atoms with Crippen molar-refractivity contribution in [2.45, 2.75) is 26.5 Å². The van der Waals surface area contributed by atoms with Gasteiger partial charge in [0.2, 0.25) is 5.91 Å². The summed E-state index contributed by atoms with van der Waals surface area (Å²) in [6, 6.07) is 5.34. The van der Waals surface area contributed by atoms with Crippen molar-refractivity contribution in [1.29, 1.82) is 0 Å². The molecule has 1 amide bonds. The van der Waals surface area contributed by atoms with Crippen LogP contribution in [0.5, 0.6) is 5.75 Å². The minimum absolute atomic E-state index is 0.0965. The summed E-state index contributed by atoms with van der Waals surface area (Å²) in [5, 5.41) is 6.92. The van der Waals surface area contributed by atoms with Gasteiger partial charge in [0.25, 0.3) is 0 Å². The third-order valence-electron chi connectivity index (χ3n) is 2.78. The molecule has 2 aromatic rings. The van der Waals surface area contributed by atoms with Crippen molar-refractivity contribution >= 4 is 11.7 Å². The smallest absolute Gasteiger partial charge is 0.241 e. The molecule has 1 unspecified atom stereocenters. The van der Waals surface area contributed by atoms with Crippen LogP contribution in [0.4, 0.5) is 5.82 Å². The molecule has 7 nitrogen and oxygen atoms in total. The van der Waals surface area contributed by atoms with Crippen LogP contribution in [0.1, 0.15) is 12.6 Å². The lowest BCUT2D eigenvalue weighted by Gasteiger charge is -2.15. The SMILES string of the molecule is Cc1cc(N)n(CC(=O)NCC(C)Oc2cccnc2)n1. The molecule has 0 aromatic carbocycles. The van der Waals surface area contributed by atoms with Gasteiger partial charge in [-0.1, -0.05) is 0 Å². The van der Waals surface area contributed by atoms with E-state index in [1.165, 1.54) is 4.68 Å². The van der Waals surface area contributed by atoms with Gasteiger partial charge >= 0.3 is 0 Å². The zero-order valence-corrected chi connectivity index (χ0v) is 12.1. The van der Waals surface area contributed by atoms with Crippen LogP contribution in [0.3, 0.4) is 0 Å². The second-order valence-electron chi connectivity index (χ2n) is 4.79. The average molecular weight is 289 g/mol. The highest BCUT2D eigenvalue weighted by atomic mass is 16.5. The standard InChI is InChI=1S/C14H19N5O2/c1-10-6-13(15)19(18-10)9-14(20)17-7-11(2)21-12-4-3-5-16-8-12/h3-6,8,11H,7,9,15H2,1-2H3,(H,17,20). The van der Waals surface area contributed by atoms with E-state index in [0.717, 1.165) is 5.69 Å².